The van der Waals surface area contributed by atoms with Crippen LogP contribution in [-0.4, -0.2) is 42.5 Å². The highest BCUT2D eigenvalue weighted by molar-refractivity contribution is 4.88. The monoisotopic (exact) mass is 154 g/mol. The Morgan fingerprint density at radius 3 is 2.64 bits per heavy atom. The number of hydrogen-bond acceptors (Lipinski definition) is 2. The van der Waals surface area contributed by atoms with Crippen molar-refractivity contribution < 1.29 is 0 Å². The van der Waals surface area contributed by atoms with Gasteiger partial charge in [0.1, 0.15) is 0 Å². The summed E-state index contributed by atoms with van der Waals surface area (Å²) in [6.07, 6.45) is 4.40. The molecule has 1 aliphatic rings. The summed E-state index contributed by atoms with van der Waals surface area (Å²) in [5, 5.41) is 0. The number of hydrogen-bond donors (Lipinski definition) is 0. The fourth-order valence-electron chi connectivity index (χ4n) is 1.28. The van der Waals surface area contributed by atoms with Crippen LogP contribution >= 0.6 is 0 Å². The third-order valence-electron chi connectivity index (χ3n) is 2.17. The van der Waals surface area contributed by atoms with Crippen LogP contribution in [0.5, 0.6) is 0 Å². The molecule has 0 aromatic rings. The number of nitrogens with zero attached hydrogens (tertiary/aromatic N) is 2. The summed E-state index contributed by atoms with van der Waals surface area (Å²) in [7, 11) is 2.13. The summed E-state index contributed by atoms with van der Waals surface area (Å²) in [5.74, 6) is 0. The minimum atomic E-state index is 0.672. The predicted octanol–water partition coefficient (Wildman–Crippen LogP) is 1.16. The summed E-state index contributed by atoms with van der Waals surface area (Å²) < 4.78 is 0. The van der Waals surface area contributed by atoms with Crippen LogP contribution in [0.3, 0.4) is 0 Å². The lowest BCUT2D eigenvalue weighted by Gasteiger charge is -2.24. The predicted molar refractivity (Wildman–Crippen MR) is 48.5 cm³/mol. The molecule has 0 radical (unpaired) electrons. The van der Waals surface area contributed by atoms with Crippen molar-refractivity contribution in [1.82, 2.24) is 9.80 Å². The summed E-state index contributed by atoms with van der Waals surface area (Å²) in [6.45, 7) is 7.93. The Labute approximate surface area is 69.5 Å². The maximum Gasteiger partial charge on any atom is 0.0297 e. The average molecular weight is 154 g/mol. The van der Waals surface area contributed by atoms with E-state index in [2.05, 4.69) is 43.0 Å². The van der Waals surface area contributed by atoms with Gasteiger partial charge in [0, 0.05) is 32.7 Å². The Bertz CT molecular complexity index is 140. The van der Waals surface area contributed by atoms with E-state index < -0.39 is 0 Å². The molecule has 0 atom stereocenters. The van der Waals surface area contributed by atoms with Crippen molar-refractivity contribution in [1.29, 1.82) is 0 Å². The van der Waals surface area contributed by atoms with Crippen LogP contribution < -0.4 is 0 Å². The van der Waals surface area contributed by atoms with E-state index in [9.17, 15) is 0 Å². The molecule has 0 aromatic carbocycles. The fourth-order valence-corrected chi connectivity index (χ4v) is 1.28. The van der Waals surface area contributed by atoms with Crippen LogP contribution in [0.2, 0.25) is 0 Å². The topological polar surface area (TPSA) is 6.48 Å². The quantitative estimate of drug-likeness (QED) is 0.559. The van der Waals surface area contributed by atoms with Crippen LogP contribution in [0, 0.1) is 0 Å². The third-order valence-corrected chi connectivity index (χ3v) is 2.17. The molecule has 0 spiro atoms. The summed E-state index contributed by atoms with van der Waals surface area (Å²) >= 11 is 0. The van der Waals surface area contributed by atoms with Crippen molar-refractivity contribution >= 4 is 0 Å². The molecule has 64 valence electrons. The van der Waals surface area contributed by atoms with E-state index in [1.807, 2.05) is 0 Å². The first-order valence-corrected chi connectivity index (χ1v) is 4.31. The maximum atomic E-state index is 2.47. The average Bonchev–Trinajstić information content (AvgIpc) is 2.13. The van der Waals surface area contributed by atoms with Gasteiger partial charge in [-0.3, -0.25) is 4.90 Å². The molecule has 0 aliphatic carbocycles. The van der Waals surface area contributed by atoms with Gasteiger partial charge in [-0.2, -0.15) is 0 Å². The van der Waals surface area contributed by atoms with Crippen molar-refractivity contribution in [2.45, 2.75) is 19.9 Å². The lowest BCUT2D eigenvalue weighted by atomic mass is 10.3. The van der Waals surface area contributed by atoms with E-state index in [1.54, 1.807) is 0 Å². The molecule has 0 fully saturated rings. The summed E-state index contributed by atoms with van der Waals surface area (Å²) in [4.78, 5) is 4.71. The van der Waals surface area contributed by atoms with Gasteiger partial charge in [-0.25, -0.2) is 0 Å². The first kappa shape index (κ1) is 8.60. The van der Waals surface area contributed by atoms with Crippen LogP contribution in [-0.2, 0) is 0 Å². The van der Waals surface area contributed by atoms with Crippen molar-refractivity contribution in [3.05, 3.63) is 12.3 Å². The van der Waals surface area contributed by atoms with Gasteiger partial charge in [0.2, 0.25) is 0 Å². The zero-order chi connectivity index (χ0) is 8.27. The van der Waals surface area contributed by atoms with Crippen LogP contribution in [0.1, 0.15) is 13.8 Å². The second kappa shape index (κ2) is 3.77. The highest BCUT2D eigenvalue weighted by Gasteiger charge is 2.09. The standard InChI is InChI=1S/C9H18N2/c1-9(2)11-6-4-5-10(3)7-8-11/h4-5,9H,6-8H2,1-3H3. The molecule has 1 rings (SSSR count). The molecule has 0 saturated heterocycles. The first-order chi connectivity index (χ1) is 5.20. The smallest absolute Gasteiger partial charge is 0.0297 e. The lowest BCUT2D eigenvalue weighted by Crippen LogP contribution is -2.34. The Morgan fingerprint density at radius 1 is 1.27 bits per heavy atom. The van der Waals surface area contributed by atoms with Gasteiger partial charge < -0.3 is 4.90 Å². The molecular formula is C9H18N2. The molecule has 0 saturated carbocycles. The molecule has 2 nitrogen and oxygen atoms in total. The Morgan fingerprint density at radius 2 is 2.00 bits per heavy atom. The molecule has 1 heterocycles. The SMILES string of the molecule is CC(C)N1CC=CN(C)CC1. The molecule has 1 aliphatic heterocycles. The van der Waals surface area contributed by atoms with E-state index in [1.165, 1.54) is 6.54 Å². The van der Waals surface area contributed by atoms with Crippen molar-refractivity contribution in [3.8, 4) is 0 Å². The zero-order valence-corrected chi connectivity index (χ0v) is 7.75. The first-order valence-electron chi connectivity index (χ1n) is 4.31. The van der Waals surface area contributed by atoms with Gasteiger partial charge in [-0.1, -0.05) is 6.08 Å². The minimum Gasteiger partial charge on any atom is -0.379 e. The van der Waals surface area contributed by atoms with E-state index >= 15 is 0 Å². The van der Waals surface area contributed by atoms with E-state index in [0.717, 1.165) is 13.1 Å². The molecule has 2 heteroatoms. The van der Waals surface area contributed by atoms with E-state index in [4.69, 9.17) is 0 Å². The van der Waals surface area contributed by atoms with Crippen LogP contribution in [0.25, 0.3) is 0 Å². The Balaban J connectivity index is 2.43. The van der Waals surface area contributed by atoms with Gasteiger partial charge in [-0.05, 0) is 20.0 Å². The third kappa shape index (κ3) is 2.54. The van der Waals surface area contributed by atoms with Gasteiger partial charge >= 0.3 is 0 Å². The lowest BCUT2D eigenvalue weighted by molar-refractivity contribution is 0.236. The largest absolute Gasteiger partial charge is 0.379 e. The summed E-state index contributed by atoms with van der Waals surface area (Å²) in [5.41, 5.74) is 0. The zero-order valence-electron chi connectivity index (χ0n) is 7.75. The molecule has 0 amide bonds. The van der Waals surface area contributed by atoms with E-state index in [-0.39, 0.29) is 0 Å². The Kier molecular flexibility index (Phi) is 2.94. The minimum absolute atomic E-state index is 0.672. The maximum absolute atomic E-state index is 2.47. The van der Waals surface area contributed by atoms with Gasteiger partial charge in [-0.15, -0.1) is 0 Å². The number of likely N-dealkylation sites (N-methyl/N-ethyl adjacent to an activating group) is 1. The normalized spacial score (nSPS) is 20.9. The molecule has 0 aromatic heterocycles. The molecule has 0 unspecified atom stereocenters. The second-order valence-corrected chi connectivity index (χ2v) is 3.45. The highest BCUT2D eigenvalue weighted by atomic mass is 15.2. The molecule has 0 N–H and O–H groups in total. The summed E-state index contributed by atoms with van der Waals surface area (Å²) in [6, 6.07) is 0.672. The highest BCUT2D eigenvalue weighted by Crippen LogP contribution is 2.02. The molecule has 11 heavy (non-hydrogen) atoms. The van der Waals surface area contributed by atoms with Crippen molar-refractivity contribution in [2.24, 2.45) is 0 Å². The van der Waals surface area contributed by atoms with Crippen LogP contribution in [0.4, 0.5) is 0 Å². The molecular weight excluding hydrogens is 136 g/mol. The fraction of sp³-hybridized carbons (Fsp3) is 0.778. The van der Waals surface area contributed by atoms with E-state index in [0.29, 0.717) is 6.04 Å². The van der Waals surface area contributed by atoms with Gasteiger partial charge in [0.25, 0.3) is 0 Å². The number of rotatable bonds is 1. The van der Waals surface area contributed by atoms with Crippen molar-refractivity contribution in [3.63, 3.8) is 0 Å². The van der Waals surface area contributed by atoms with Gasteiger partial charge in [0.15, 0.2) is 0 Å². The van der Waals surface area contributed by atoms with Gasteiger partial charge in [0.05, 0.1) is 0 Å². The van der Waals surface area contributed by atoms with Crippen molar-refractivity contribution in [2.75, 3.05) is 26.7 Å². The molecule has 0 bridgehead atoms. The van der Waals surface area contributed by atoms with Crippen LogP contribution in [0.15, 0.2) is 12.3 Å². The Hall–Kier alpha value is -0.500. The second-order valence-electron chi connectivity index (χ2n) is 3.45.